The molecule has 5 nitrogen and oxygen atoms in total. The van der Waals surface area contributed by atoms with Crippen LogP contribution in [0.2, 0.25) is 0 Å². The van der Waals surface area contributed by atoms with Gasteiger partial charge in [0.2, 0.25) is 0 Å². The van der Waals surface area contributed by atoms with E-state index in [-0.39, 0.29) is 19.0 Å². The van der Waals surface area contributed by atoms with E-state index in [2.05, 4.69) is 26.1 Å². The highest BCUT2D eigenvalue weighted by atomic mass is 16.4. The van der Waals surface area contributed by atoms with Gasteiger partial charge in [0.1, 0.15) is 0 Å². The molecule has 0 saturated carbocycles. The number of carboxylic acid groups (broad SMARTS) is 1. The third-order valence-electron chi connectivity index (χ3n) is 2.64. The average molecular weight is 258 g/mol. The SMILES string of the molecule is CN(CCC(=O)O)C(=O)NCCCCC(C)(C)C. The number of hydrogen-bond acceptors (Lipinski definition) is 2. The van der Waals surface area contributed by atoms with Gasteiger partial charge in [0.05, 0.1) is 6.42 Å². The van der Waals surface area contributed by atoms with Crippen LogP contribution in [0.5, 0.6) is 0 Å². The van der Waals surface area contributed by atoms with E-state index in [9.17, 15) is 9.59 Å². The molecule has 0 radical (unpaired) electrons. The zero-order valence-electron chi connectivity index (χ0n) is 12.0. The molecule has 0 atom stereocenters. The summed E-state index contributed by atoms with van der Waals surface area (Å²) in [5, 5.41) is 11.3. The molecule has 0 bridgehead atoms. The van der Waals surface area contributed by atoms with Gasteiger partial charge in [0.15, 0.2) is 0 Å². The molecule has 0 unspecified atom stereocenters. The smallest absolute Gasteiger partial charge is 0.317 e. The van der Waals surface area contributed by atoms with E-state index in [0.717, 1.165) is 19.3 Å². The van der Waals surface area contributed by atoms with Gasteiger partial charge in [0.25, 0.3) is 0 Å². The fourth-order valence-electron chi connectivity index (χ4n) is 1.48. The van der Waals surface area contributed by atoms with E-state index in [0.29, 0.717) is 12.0 Å². The second-order valence-corrected chi connectivity index (χ2v) is 5.81. The van der Waals surface area contributed by atoms with Crippen molar-refractivity contribution in [3.63, 3.8) is 0 Å². The predicted octanol–water partition coefficient (Wildman–Crippen LogP) is 2.32. The largest absolute Gasteiger partial charge is 0.481 e. The van der Waals surface area contributed by atoms with Gasteiger partial charge in [-0.1, -0.05) is 27.2 Å². The molecule has 0 aliphatic rings. The third kappa shape index (κ3) is 9.93. The van der Waals surface area contributed by atoms with E-state index < -0.39 is 5.97 Å². The fraction of sp³-hybridized carbons (Fsp3) is 0.846. The van der Waals surface area contributed by atoms with Gasteiger partial charge in [-0.2, -0.15) is 0 Å². The first-order chi connectivity index (χ1) is 8.22. The molecule has 0 heterocycles. The van der Waals surface area contributed by atoms with Crippen LogP contribution in [0, 0.1) is 5.41 Å². The summed E-state index contributed by atoms with van der Waals surface area (Å²) < 4.78 is 0. The molecule has 2 amide bonds. The number of urea groups is 1. The Bertz CT molecular complexity index is 272. The molecule has 0 aromatic carbocycles. The lowest BCUT2D eigenvalue weighted by atomic mass is 9.90. The number of carbonyl (C=O) groups excluding carboxylic acids is 1. The fourth-order valence-corrected chi connectivity index (χ4v) is 1.48. The van der Waals surface area contributed by atoms with Crippen molar-refractivity contribution in [2.45, 2.75) is 46.5 Å². The molecule has 106 valence electrons. The highest BCUT2D eigenvalue weighted by molar-refractivity contribution is 5.74. The molecule has 0 aliphatic heterocycles. The highest BCUT2D eigenvalue weighted by Crippen LogP contribution is 2.21. The second kappa shape index (κ2) is 7.95. The summed E-state index contributed by atoms with van der Waals surface area (Å²) in [7, 11) is 1.60. The Morgan fingerprint density at radius 2 is 1.83 bits per heavy atom. The maximum Gasteiger partial charge on any atom is 0.317 e. The van der Waals surface area contributed by atoms with E-state index >= 15 is 0 Å². The summed E-state index contributed by atoms with van der Waals surface area (Å²) in [4.78, 5) is 23.3. The van der Waals surface area contributed by atoms with Crippen LogP contribution in [0.15, 0.2) is 0 Å². The third-order valence-corrected chi connectivity index (χ3v) is 2.64. The monoisotopic (exact) mass is 258 g/mol. The van der Waals surface area contributed by atoms with Crippen molar-refractivity contribution < 1.29 is 14.7 Å². The number of rotatable bonds is 7. The maximum absolute atomic E-state index is 11.5. The summed E-state index contributed by atoms with van der Waals surface area (Å²) in [6.45, 7) is 7.48. The normalized spacial score (nSPS) is 11.1. The zero-order chi connectivity index (χ0) is 14.2. The first-order valence-corrected chi connectivity index (χ1v) is 6.43. The molecule has 0 fully saturated rings. The molecule has 18 heavy (non-hydrogen) atoms. The quantitative estimate of drug-likeness (QED) is 0.688. The van der Waals surface area contributed by atoms with Crippen LogP contribution in [0.1, 0.15) is 46.5 Å². The summed E-state index contributed by atoms with van der Waals surface area (Å²) in [5.41, 5.74) is 0.336. The summed E-state index contributed by atoms with van der Waals surface area (Å²) >= 11 is 0. The Kier molecular flexibility index (Phi) is 7.39. The van der Waals surface area contributed by atoms with Gasteiger partial charge in [0, 0.05) is 20.1 Å². The van der Waals surface area contributed by atoms with Crippen molar-refractivity contribution in [2.24, 2.45) is 5.41 Å². The lowest BCUT2D eigenvalue weighted by Gasteiger charge is -2.19. The number of carbonyl (C=O) groups is 2. The van der Waals surface area contributed by atoms with Crippen LogP contribution in [-0.2, 0) is 4.79 Å². The number of unbranched alkanes of at least 4 members (excludes halogenated alkanes) is 1. The van der Waals surface area contributed by atoms with Gasteiger partial charge in [-0.25, -0.2) is 4.79 Å². The molecule has 0 aromatic heterocycles. The Labute approximate surface area is 110 Å². The summed E-state index contributed by atoms with van der Waals surface area (Å²) in [6, 6.07) is -0.202. The van der Waals surface area contributed by atoms with Crippen LogP contribution in [0.4, 0.5) is 4.79 Å². The van der Waals surface area contributed by atoms with E-state index in [1.807, 2.05) is 0 Å². The lowest BCUT2D eigenvalue weighted by molar-refractivity contribution is -0.137. The molecule has 0 aliphatic carbocycles. The predicted molar refractivity (Wildman–Crippen MR) is 71.6 cm³/mol. The Balaban J connectivity index is 3.61. The van der Waals surface area contributed by atoms with Crippen LogP contribution < -0.4 is 5.32 Å². The number of nitrogens with one attached hydrogen (secondary N) is 1. The molecular weight excluding hydrogens is 232 g/mol. The van der Waals surface area contributed by atoms with Crippen LogP contribution in [0.25, 0.3) is 0 Å². The van der Waals surface area contributed by atoms with Crippen molar-refractivity contribution >= 4 is 12.0 Å². The lowest BCUT2D eigenvalue weighted by Crippen LogP contribution is -2.38. The molecule has 2 N–H and O–H groups in total. The molecule has 5 heteroatoms. The number of amides is 2. The average Bonchev–Trinajstić information content (AvgIpc) is 2.23. The molecular formula is C13H26N2O3. The van der Waals surface area contributed by atoms with Crippen molar-refractivity contribution in [1.29, 1.82) is 0 Å². The summed E-state index contributed by atoms with van der Waals surface area (Å²) in [6.07, 6.45) is 3.16. The van der Waals surface area contributed by atoms with Gasteiger partial charge in [-0.05, 0) is 18.3 Å². The van der Waals surface area contributed by atoms with Crippen molar-refractivity contribution in [3.8, 4) is 0 Å². The van der Waals surface area contributed by atoms with Crippen LogP contribution in [0.3, 0.4) is 0 Å². The highest BCUT2D eigenvalue weighted by Gasteiger charge is 2.11. The molecule has 0 saturated heterocycles. The minimum atomic E-state index is -0.889. The minimum Gasteiger partial charge on any atom is -0.481 e. The Morgan fingerprint density at radius 1 is 1.22 bits per heavy atom. The van der Waals surface area contributed by atoms with Crippen LogP contribution in [-0.4, -0.2) is 42.1 Å². The summed E-state index contributed by atoms with van der Waals surface area (Å²) in [5.74, 6) is -0.889. The van der Waals surface area contributed by atoms with Gasteiger partial charge < -0.3 is 15.3 Å². The standard InChI is InChI=1S/C13H26N2O3/c1-13(2,3)8-5-6-9-14-12(18)15(4)10-7-11(16)17/h5-10H2,1-4H3,(H,14,18)(H,16,17). The van der Waals surface area contributed by atoms with Gasteiger partial charge >= 0.3 is 12.0 Å². The van der Waals surface area contributed by atoms with E-state index in [1.54, 1.807) is 7.05 Å². The number of hydrogen-bond donors (Lipinski definition) is 2. The van der Waals surface area contributed by atoms with E-state index in [1.165, 1.54) is 4.90 Å². The van der Waals surface area contributed by atoms with Crippen molar-refractivity contribution in [3.05, 3.63) is 0 Å². The Hall–Kier alpha value is -1.26. The number of carboxylic acids is 1. The van der Waals surface area contributed by atoms with Crippen molar-refractivity contribution in [1.82, 2.24) is 10.2 Å². The maximum atomic E-state index is 11.5. The number of aliphatic carboxylic acids is 1. The topological polar surface area (TPSA) is 69.6 Å². The van der Waals surface area contributed by atoms with E-state index in [4.69, 9.17) is 5.11 Å². The first kappa shape index (κ1) is 16.7. The van der Waals surface area contributed by atoms with Gasteiger partial charge in [-0.3, -0.25) is 4.79 Å². The van der Waals surface area contributed by atoms with Crippen LogP contribution >= 0.6 is 0 Å². The van der Waals surface area contributed by atoms with Gasteiger partial charge in [-0.15, -0.1) is 0 Å². The molecule has 0 spiro atoms. The Morgan fingerprint density at radius 3 is 2.33 bits per heavy atom. The first-order valence-electron chi connectivity index (χ1n) is 6.43. The number of nitrogens with zero attached hydrogens (tertiary/aromatic N) is 1. The van der Waals surface area contributed by atoms with Crippen molar-refractivity contribution in [2.75, 3.05) is 20.1 Å². The molecule has 0 aromatic rings. The molecule has 0 rings (SSSR count). The minimum absolute atomic E-state index is 0.0199. The zero-order valence-corrected chi connectivity index (χ0v) is 12.0. The second-order valence-electron chi connectivity index (χ2n) is 5.81.